The monoisotopic (exact) mass is 239 g/mol. The second-order valence-electron chi connectivity index (χ2n) is 2.16. The Morgan fingerprint density at radius 1 is 1.25 bits per heavy atom. The first kappa shape index (κ1) is 23.0. The minimum atomic E-state index is 0. The van der Waals surface area contributed by atoms with Gasteiger partial charge in [0.2, 0.25) is 0 Å². The van der Waals surface area contributed by atoms with Crippen LogP contribution in [0, 0.1) is 0 Å². The lowest BCUT2D eigenvalue weighted by Gasteiger charge is -2.08. The zero-order valence-corrected chi connectivity index (χ0v) is 9.73. The van der Waals surface area contributed by atoms with Gasteiger partial charge < -0.3 is 16.8 Å². The average Bonchev–Trinajstić information content (AvgIpc) is 1.89. The van der Waals surface area contributed by atoms with Crippen molar-refractivity contribution in [2.75, 3.05) is 19.6 Å². The van der Waals surface area contributed by atoms with Gasteiger partial charge in [0.25, 0.3) is 0 Å². The van der Waals surface area contributed by atoms with Crippen LogP contribution in [-0.2, 0) is 0 Å². The van der Waals surface area contributed by atoms with E-state index in [-0.39, 0.29) is 43.3 Å². The predicted octanol–water partition coefficient (Wildman–Crippen LogP) is 0.537. The number of nitrogens with one attached hydrogen (secondary N) is 1. The molecule has 0 aromatic heterocycles. The van der Waals surface area contributed by atoms with E-state index in [2.05, 4.69) is 12.2 Å². The Kier molecular flexibility index (Phi) is 34.0. The summed E-state index contributed by atoms with van der Waals surface area (Å²) in [6.45, 7) is 4.52. The Morgan fingerprint density at radius 3 is 2.08 bits per heavy atom. The molecule has 0 fully saturated rings. The van der Waals surface area contributed by atoms with E-state index in [1.54, 1.807) is 0 Å². The van der Waals surface area contributed by atoms with Crippen LogP contribution in [0.1, 0.15) is 13.3 Å². The van der Waals surface area contributed by atoms with Crippen LogP contribution in [0.2, 0.25) is 0 Å². The molecule has 0 aromatic carbocycles. The minimum absolute atomic E-state index is 0. The molecule has 0 aliphatic heterocycles. The first-order valence-electron chi connectivity index (χ1n) is 3.47. The van der Waals surface area contributed by atoms with Crippen molar-refractivity contribution in [2.24, 2.45) is 11.5 Å². The summed E-state index contributed by atoms with van der Waals surface area (Å²) in [6, 6.07) is 0.288. The molecule has 12 heavy (non-hydrogen) atoms. The van der Waals surface area contributed by atoms with Crippen molar-refractivity contribution in [2.45, 2.75) is 19.4 Å². The number of hydrogen-bond acceptors (Lipinski definition) is 3. The third-order valence-electron chi connectivity index (χ3n) is 1.25. The summed E-state index contributed by atoms with van der Waals surface area (Å²) in [5.41, 5.74) is 10.9. The van der Waals surface area contributed by atoms with Gasteiger partial charge in [-0.3, -0.25) is 0 Å². The van der Waals surface area contributed by atoms with Gasteiger partial charge in [0.15, 0.2) is 0 Å². The summed E-state index contributed by atoms with van der Waals surface area (Å²) in [4.78, 5) is 0. The van der Waals surface area contributed by atoms with Crippen LogP contribution in [0.4, 0.5) is 0 Å². The molecule has 6 heteroatoms. The molecule has 0 bridgehead atoms. The van der Waals surface area contributed by atoms with Crippen molar-refractivity contribution in [3.8, 4) is 0 Å². The fraction of sp³-hybridized carbons (Fsp3) is 1.00. The molecular formula is C6H20Cl3N3. The summed E-state index contributed by atoms with van der Waals surface area (Å²) in [6.07, 6.45) is 1.03. The molecule has 3 nitrogen and oxygen atoms in total. The van der Waals surface area contributed by atoms with Gasteiger partial charge in [-0.2, -0.15) is 0 Å². The Morgan fingerprint density at radius 2 is 1.75 bits per heavy atom. The van der Waals surface area contributed by atoms with E-state index in [1.807, 2.05) is 0 Å². The highest BCUT2D eigenvalue weighted by Crippen LogP contribution is 1.80. The summed E-state index contributed by atoms with van der Waals surface area (Å²) >= 11 is 0. The second-order valence-corrected chi connectivity index (χ2v) is 2.16. The van der Waals surface area contributed by atoms with Crippen LogP contribution in [-0.4, -0.2) is 25.7 Å². The average molecular weight is 241 g/mol. The lowest BCUT2D eigenvalue weighted by molar-refractivity contribution is 0.568. The standard InChI is InChI=1S/C6H17N3.3ClH/c1-2-6(8)5-9-4-3-7;;;/h6,9H,2-5,7-8H2,1H3;3*1H. The third kappa shape index (κ3) is 17.0. The number of rotatable bonds is 5. The molecule has 5 N–H and O–H groups in total. The molecule has 0 aliphatic carbocycles. The zero-order chi connectivity index (χ0) is 7.11. The molecular weight excluding hydrogens is 220 g/mol. The first-order chi connectivity index (χ1) is 4.31. The molecule has 0 rings (SSSR count). The van der Waals surface area contributed by atoms with Crippen molar-refractivity contribution in [1.82, 2.24) is 5.32 Å². The highest BCUT2D eigenvalue weighted by molar-refractivity contribution is 5.86. The van der Waals surface area contributed by atoms with Crippen molar-refractivity contribution in [1.29, 1.82) is 0 Å². The van der Waals surface area contributed by atoms with Crippen LogP contribution < -0.4 is 16.8 Å². The van der Waals surface area contributed by atoms with Crippen LogP contribution in [0.25, 0.3) is 0 Å². The van der Waals surface area contributed by atoms with Gasteiger partial charge in [-0.1, -0.05) is 6.92 Å². The van der Waals surface area contributed by atoms with E-state index < -0.39 is 0 Å². The van der Waals surface area contributed by atoms with Crippen LogP contribution in [0.5, 0.6) is 0 Å². The smallest absolute Gasteiger partial charge is 0.0162 e. The van der Waals surface area contributed by atoms with Gasteiger partial charge in [-0.25, -0.2) is 0 Å². The first-order valence-corrected chi connectivity index (χ1v) is 3.47. The van der Waals surface area contributed by atoms with Crippen LogP contribution >= 0.6 is 37.2 Å². The van der Waals surface area contributed by atoms with Gasteiger partial charge in [0, 0.05) is 25.7 Å². The molecule has 0 radical (unpaired) electrons. The molecule has 0 amide bonds. The molecule has 1 unspecified atom stereocenters. The molecule has 0 spiro atoms. The van der Waals surface area contributed by atoms with Crippen LogP contribution in [0.3, 0.4) is 0 Å². The Balaban J connectivity index is -0.000000107. The molecule has 0 aliphatic rings. The fourth-order valence-electron chi connectivity index (χ4n) is 0.534. The van der Waals surface area contributed by atoms with Crippen LogP contribution in [0.15, 0.2) is 0 Å². The third-order valence-corrected chi connectivity index (χ3v) is 1.25. The fourth-order valence-corrected chi connectivity index (χ4v) is 0.534. The molecule has 0 heterocycles. The van der Waals surface area contributed by atoms with E-state index in [0.717, 1.165) is 19.5 Å². The summed E-state index contributed by atoms with van der Waals surface area (Å²) in [5.74, 6) is 0. The van der Waals surface area contributed by atoms with Gasteiger partial charge in [-0.15, -0.1) is 37.2 Å². The van der Waals surface area contributed by atoms with E-state index in [9.17, 15) is 0 Å². The summed E-state index contributed by atoms with van der Waals surface area (Å²) < 4.78 is 0. The molecule has 0 saturated heterocycles. The van der Waals surface area contributed by atoms with E-state index >= 15 is 0 Å². The van der Waals surface area contributed by atoms with Crippen molar-refractivity contribution >= 4 is 37.2 Å². The maximum atomic E-state index is 5.61. The van der Waals surface area contributed by atoms with E-state index in [0.29, 0.717) is 6.54 Å². The molecule has 80 valence electrons. The van der Waals surface area contributed by atoms with Crippen molar-refractivity contribution in [3.05, 3.63) is 0 Å². The molecule has 0 aromatic rings. The minimum Gasteiger partial charge on any atom is -0.329 e. The Hall–Kier alpha value is 0.750. The van der Waals surface area contributed by atoms with E-state index in [4.69, 9.17) is 11.5 Å². The highest BCUT2D eigenvalue weighted by Gasteiger charge is 1.94. The van der Waals surface area contributed by atoms with Gasteiger partial charge in [0.1, 0.15) is 0 Å². The Bertz CT molecular complexity index is 66.0. The van der Waals surface area contributed by atoms with Crippen molar-refractivity contribution in [3.63, 3.8) is 0 Å². The number of halogens is 3. The zero-order valence-electron chi connectivity index (χ0n) is 7.29. The highest BCUT2D eigenvalue weighted by atomic mass is 35.5. The largest absolute Gasteiger partial charge is 0.329 e. The normalized spacial score (nSPS) is 10.2. The maximum absolute atomic E-state index is 5.61. The SMILES string of the molecule is CCC(N)CNCCN.Cl.Cl.Cl. The topological polar surface area (TPSA) is 64.1 Å². The summed E-state index contributed by atoms with van der Waals surface area (Å²) in [5, 5.41) is 3.14. The number of nitrogens with two attached hydrogens (primary N) is 2. The predicted molar refractivity (Wildman–Crippen MR) is 61.9 cm³/mol. The van der Waals surface area contributed by atoms with Gasteiger partial charge in [0.05, 0.1) is 0 Å². The lowest BCUT2D eigenvalue weighted by atomic mass is 10.2. The molecule has 0 saturated carbocycles. The van der Waals surface area contributed by atoms with Gasteiger partial charge in [-0.05, 0) is 6.42 Å². The molecule has 1 atom stereocenters. The maximum Gasteiger partial charge on any atom is 0.0162 e. The van der Waals surface area contributed by atoms with E-state index in [1.165, 1.54) is 0 Å². The quantitative estimate of drug-likeness (QED) is 0.615. The Labute approximate surface area is 93.3 Å². The van der Waals surface area contributed by atoms with Gasteiger partial charge >= 0.3 is 0 Å². The number of hydrogen-bond donors (Lipinski definition) is 3. The second kappa shape index (κ2) is 17.7. The lowest BCUT2D eigenvalue weighted by Crippen LogP contribution is -2.35. The summed E-state index contributed by atoms with van der Waals surface area (Å²) in [7, 11) is 0. The van der Waals surface area contributed by atoms with Crippen molar-refractivity contribution < 1.29 is 0 Å².